The molecule has 0 fully saturated rings. The number of rotatable bonds is 2. The van der Waals surface area contributed by atoms with Gasteiger partial charge in [0.15, 0.2) is 0 Å². The zero-order valence-electron chi connectivity index (χ0n) is 10.3. The van der Waals surface area contributed by atoms with Gasteiger partial charge in [0.2, 0.25) is 0 Å². The highest BCUT2D eigenvalue weighted by Crippen LogP contribution is 2.34. The first-order chi connectivity index (χ1) is 8.97. The second kappa shape index (κ2) is 5.20. The van der Waals surface area contributed by atoms with E-state index >= 15 is 0 Å². The van der Waals surface area contributed by atoms with Gasteiger partial charge in [-0.25, -0.2) is 4.79 Å². The molecule has 19 heavy (non-hydrogen) atoms. The number of aromatic hydroxyl groups is 1. The summed E-state index contributed by atoms with van der Waals surface area (Å²) in [4.78, 5) is 10.7. The van der Waals surface area contributed by atoms with Crippen LogP contribution < -0.4 is 11.1 Å². The number of carbonyl (C=O) groups is 1. The molecule has 0 bridgehead atoms. The molecule has 0 unspecified atom stereocenters. The van der Waals surface area contributed by atoms with Gasteiger partial charge in [0.25, 0.3) is 0 Å². The molecule has 2 amide bonds. The molecule has 0 spiro atoms. The minimum atomic E-state index is -0.613. The molecule has 0 radical (unpaired) electrons. The fourth-order valence-electron chi connectivity index (χ4n) is 1.78. The lowest BCUT2D eigenvalue weighted by molar-refractivity contribution is 0.259. The molecule has 5 heteroatoms. The van der Waals surface area contributed by atoms with Gasteiger partial charge < -0.3 is 16.2 Å². The van der Waals surface area contributed by atoms with E-state index in [1.807, 2.05) is 13.0 Å². The standard InChI is InChI=1S/C14H13ClN2O2/c1-8-6-11(13(18)7-12(8)15)9-2-4-10(5-3-9)17-14(16)19/h2-7,18H,1H3,(H3,16,17,19). The molecule has 0 aliphatic heterocycles. The lowest BCUT2D eigenvalue weighted by atomic mass is 10.0. The van der Waals surface area contributed by atoms with Gasteiger partial charge in [0.05, 0.1) is 0 Å². The summed E-state index contributed by atoms with van der Waals surface area (Å²) in [5.74, 6) is 0.117. The van der Waals surface area contributed by atoms with Crippen LogP contribution in [0.2, 0.25) is 5.02 Å². The monoisotopic (exact) mass is 276 g/mol. The van der Waals surface area contributed by atoms with Crippen molar-refractivity contribution in [3.63, 3.8) is 0 Å². The van der Waals surface area contributed by atoms with Gasteiger partial charge >= 0.3 is 6.03 Å². The van der Waals surface area contributed by atoms with Crippen molar-refractivity contribution in [2.45, 2.75) is 6.92 Å². The molecular formula is C14H13ClN2O2. The number of urea groups is 1. The Balaban J connectivity index is 2.37. The molecule has 0 aliphatic carbocycles. The average molecular weight is 277 g/mol. The number of aryl methyl sites for hydroxylation is 1. The van der Waals surface area contributed by atoms with Gasteiger partial charge in [-0.2, -0.15) is 0 Å². The van der Waals surface area contributed by atoms with E-state index in [1.54, 1.807) is 24.3 Å². The summed E-state index contributed by atoms with van der Waals surface area (Å²) in [5, 5.41) is 12.9. The molecule has 2 aromatic carbocycles. The Hall–Kier alpha value is -2.20. The fourth-order valence-corrected chi connectivity index (χ4v) is 1.94. The van der Waals surface area contributed by atoms with Gasteiger partial charge in [0, 0.05) is 16.3 Å². The fraction of sp³-hybridized carbons (Fsp3) is 0.0714. The normalized spacial score (nSPS) is 10.2. The summed E-state index contributed by atoms with van der Waals surface area (Å²) in [6.07, 6.45) is 0. The molecule has 4 N–H and O–H groups in total. The number of hydrogen-bond donors (Lipinski definition) is 3. The maximum Gasteiger partial charge on any atom is 0.316 e. The van der Waals surface area contributed by atoms with Crippen LogP contribution >= 0.6 is 11.6 Å². The van der Waals surface area contributed by atoms with Crippen molar-refractivity contribution >= 4 is 23.3 Å². The van der Waals surface area contributed by atoms with Gasteiger partial charge in [-0.1, -0.05) is 23.7 Å². The van der Waals surface area contributed by atoms with Crippen LogP contribution in [0.4, 0.5) is 10.5 Å². The number of phenolic OH excluding ortho intramolecular Hbond substituents is 1. The minimum absolute atomic E-state index is 0.117. The molecule has 0 atom stereocenters. The first kappa shape index (κ1) is 13.2. The quantitative estimate of drug-likeness (QED) is 0.785. The molecular weight excluding hydrogens is 264 g/mol. The third-order valence-electron chi connectivity index (χ3n) is 2.74. The molecule has 4 nitrogen and oxygen atoms in total. The van der Waals surface area contributed by atoms with Crippen molar-refractivity contribution in [3.8, 4) is 16.9 Å². The van der Waals surface area contributed by atoms with Crippen LogP contribution in [0.25, 0.3) is 11.1 Å². The van der Waals surface area contributed by atoms with E-state index in [1.165, 1.54) is 6.07 Å². The van der Waals surface area contributed by atoms with Gasteiger partial charge in [0.1, 0.15) is 5.75 Å². The summed E-state index contributed by atoms with van der Waals surface area (Å²) in [6.45, 7) is 1.87. The SMILES string of the molecule is Cc1cc(-c2ccc(NC(N)=O)cc2)c(O)cc1Cl. The highest BCUT2D eigenvalue weighted by molar-refractivity contribution is 6.31. The van der Waals surface area contributed by atoms with Gasteiger partial charge in [-0.05, 0) is 42.3 Å². The Morgan fingerprint density at radius 1 is 1.26 bits per heavy atom. The van der Waals surface area contributed by atoms with Crippen molar-refractivity contribution in [2.24, 2.45) is 5.73 Å². The summed E-state index contributed by atoms with van der Waals surface area (Å²) >= 11 is 5.93. The predicted octanol–water partition coefficient (Wildman–Crippen LogP) is 3.51. The minimum Gasteiger partial charge on any atom is -0.507 e. The molecule has 0 heterocycles. The van der Waals surface area contributed by atoms with Crippen molar-refractivity contribution in [1.29, 1.82) is 0 Å². The van der Waals surface area contributed by atoms with E-state index in [-0.39, 0.29) is 5.75 Å². The van der Waals surface area contributed by atoms with Crippen LogP contribution in [-0.2, 0) is 0 Å². The van der Waals surface area contributed by atoms with Gasteiger partial charge in [-0.15, -0.1) is 0 Å². The summed E-state index contributed by atoms with van der Waals surface area (Å²) in [7, 11) is 0. The van der Waals surface area contributed by atoms with Crippen molar-refractivity contribution in [2.75, 3.05) is 5.32 Å². The van der Waals surface area contributed by atoms with Crippen LogP contribution in [0.15, 0.2) is 36.4 Å². The maximum absolute atomic E-state index is 10.7. The Morgan fingerprint density at radius 2 is 1.89 bits per heavy atom. The Kier molecular flexibility index (Phi) is 3.62. The number of hydrogen-bond acceptors (Lipinski definition) is 2. The number of amides is 2. The molecule has 2 aromatic rings. The van der Waals surface area contributed by atoms with E-state index in [0.29, 0.717) is 16.3 Å². The van der Waals surface area contributed by atoms with Gasteiger partial charge in [-0.3, -0.25) is 0 Å². The third kappa shape index (κ3) is 2.98. The van der Waals surface area contributed by atoms with Crippen LogP contribution in [0.1, 0.15) is 5.56 Å². The van der Waals surface area contributed by atoms with E-state index < -0.39 is 6.03 Å². The smallest absolute Gasteiger partial charge is 0.316 e. The van der Waals surface area contributed by atoms with Crippen LogP contribution in [0.3, 0.4) is 0 Å². The predicted molar refractivity (Wildman–Crippen MR) is 76.5 cm³/mol. The number of benzene rings is 2. The molecule has 0 aromatic heterocycles. The Morgan fingerprint density at radius 3 is 2.47 bits per heavy atom. The molecule has 2 rings (SSSR count). The second-order valence-electron chi connectivity index (χ2n) is 4.19. The first-order valence-corrected chi connectivity index (χ1v) is 6.01. The topological polar surface area (TPSA) is 75.3 Å². The summed E-state index contributed by atoms with van der Waals surface area (Å²) < 4.78 is 0. The van der Waals surface area contributed by atoms with Crippen molar-refractivity contribution in [1.82, 2.24) is 0 Å². The number of phenols is 1. The Bertz CT molecular complexity index is 624. The van der Waals surface area contributed by atoms with E-state index in [4.69, 9.17) is 17.3 Å². The zero-order valence-corrected chi connectivity index (χ0v) is 11.0. The highest BCUT2D eigenvalue weighted by Gasteiger charge is 2.08. The lowest BCUT2D eigenvalue weighted by Gasteiger charge is -2.09. The number of primary amides is 1. The highest BCUT2D eigenvalue weighted by atomic mass is 35.5. The van der Waals surface area contributed by atoms with Crippen LogP contribution in [-0.4, -0.2) is 11.1 Å². The second-order valence-corrected chi connectivity index (χ2v) is 4.59. The van der Waals surface area contributed by atoms with Crippen LogP contribution in [0, 0.1) is 6.92 Å². The zero-order chi connectivity index (χ0) is 14.0. The van der Waals surface area contributed by atoms with Crippen LogP contribution in [0.5, 0.6) is 5.75 Å². The largest absolute Gasteiger partial charge is 0.507 e. The van der Waals surface area contributed by atoms with E-state index in [0.717, 1.165) is 11.1 Å². The Labute approximate surface area is 115 Å². The molecule has 0 saturated heterocycles. The average Bonchev–Trinajstić information content (AvgIpc) is 2.34. The summed E-state index contributed by atoms with van der Waals surface area (Å²) in [6, 6.07) is 9.71. The molecule has 0 saturated carbocycles. The molecule has 98 valence electrons. The number of anilines is 1. The maximum atomic E-state index is 10.7. The van der Waals surface area contributed by atoms with Crippen molar-refractivity contribution in [3.05, 3.63) is 47.0 Å². The first-order valence-electron chi connectivity index (χ1n) is 5.63. The van der Waals surface area contributed by atoms with Crippen molar-refractivity contribution < 1.29 is 9.90 Å². The number of carbonyl (C=O) groups excluding carboxylic acids is 1. The molecule has 0 aliphatic rings. The van der Waals surface area contributed by atoms with E-state index in [9.17, 15) is 9.90 Å². The number of nitrogens with two attached hydrogens (primary N) is 1. The third-order valence-corrected chi connectivity index (χ3v) is 3.15. The number of nitrogens with one attached hydrogen (secondary N) is 1. The number of halogens is 1. The summed E-state index contributed by atoms with van der Waals surface area (Å²) in [5.41, 5.74) is 8.02. The lowest BCUT2D eigenvalue weighted by Crippen LogP contribution is -2.19. The van der Waals surface area contributed by atoms with E-state index in [2.05, 4.69) is 5.32 Å².